The lowest BCUT2D eigenvalue weighted by Gasteiger charge is -2.35. The van der Waals surface area contributed by atoms with E-state index in [1.165, 1.54) is 23.1 Å². The molecule has 1 atom stereocenters. The average Bonchev–Trinajstić information content (AvgIpc) is 2.66. The summed E-state index contributed by atoms with van der Waals surface area (Å²) in [6.07, 6.45) is -0.842. The summed E-state index contributed by atoms with van der Waals surface area (Å²) in [6, 6.07) is 9.11. The number of hydrogen-bond donors (Lipinski definition) is 1. The molecule has 1 aliphatic rings. The van der Waals surface area contributed by atoms with Crippen molar-refractivity contribution < 1.29 is 19.2 Å². The molecule has 8 nitrogen and oxygen atoms in total. The fourth-order valence-electron chi connectivity index (χ4n) is 3.05. The molecule has 0 aliphatic carbocycles. The van der Waals surface area contributed by atoms with Gasteiger partial charge in [-0.05, 0) is 36.6 Å². The molecule has 1 N–H and O–H groups in total. The molecule has 1 heterocycles. The highest BCUT2D eigenvalue weighted by molar-refractivity contribution is 6.31. The minimum absolute atomic E-state index is 0.153. The molecule has 1 unspecified atom stereocenters. The van der Waals surface area contributed by atoms with E-state index in [-0.39, 0.29) is 29.8 Å². The second kappa shape index (κ2) is 8.08. The van der Waals surface area contributed by atoms with Gasteiger partial charge in [0, 0.05) is 16.8 Å². The zero-order valence-electron chi connectivity index (χ0n) is 16.1. The highest BCUT2D eigenvalue weighted by Gasteiger charge is 2.38. The van der Waals surface area contributed by atoms with E-state index in [4.69, 9.17) is 16.3 Å². The number of amides is 2. The lowest BCUT2D eigenvalue weighted by Crippen LogP contribution is -2.50. The second-order valence-corrected chi connectivity index (χ2v) is 7.48. The van der Waals surface area contributed by atoms with Gasteiger partial charge in [0.25, 0.3) is 11.6 Å². The van der Waals surface area contributed by atoms with E-state index in [0.29, 0.717) is 22.0 Å². The van der Waals surface area contributed by atoms with Gasteiger partial charge in [-0.15, -0.1) is 0 Å². The molecule has 29 heavy (non-hydrogen) atoms. The Labute approximate surface area is 172 Å². The second-order valence-electron chi connectivity index (χ2n) is 7.08. The van der Waals surface area contributed by atoms with Crippen molar-refractivity contribution in [2.75, 3.05) is 16.8 Å². The van der Waals surface area contributed by atoms with Gasteiger partial charge in [0.1, 0.15) is 6.54 Å². The zero-order valence-corrected chi connectivity index (χ0v) is 16.9. The molecular weight excluding hydrogens is 398 g/mol. The average molecular weight is 418 g/mol. The number of halogens is 1. The maximum atomic E-state index is 12.9. The van der Waals surface area contributed by atoms with Crippen molar-refractivity contribution in [1.82, 2.24) is 0 Å². The number of benzene rings is 2. The number of non-ortho nitro benzene ring substituents is 1. The summed E-state index contributed by atoms with van der Waals surface area (Å²) in [6.45, 7) is 5.13. The Morgan fingerprint density at radius 2 is 2.07 bits per heavy atom. The maximum absolute atomic E-state index is 12.9. The van der Waals surface area contributed by atoms with Crippen LogP contribution in [0.5, 0.6) is 5.75 Å². The minimum Gasteiger partial charge on any atom is -0.478 e. The number of anilines is 2. The molecule has 2 aromatic rings. The predicted molar refractivity (Wildman–Crippen MR) is 110 cm³/mol. The van der Waals surface area contributed by atoms with E-state index in [9.17, 15) is 19.7 Å². The lowest BCUT2D eigenvalue weighted by atomic mass is 10.0. The first-order valence-corrected chi connectivity index (χ1v) is 9.38. The zero-order chi connectivity index (χ0) is 21.3. The van der Waals surface area contributed by atoms with Gasteiger partial charge >= 0.3 is 0 Å². The van der Waals surface area contributed by atoms with Gasteiger partial charge in [-0.25, -0.2) is 0 Å². The maximum Gasteiger partial charge on any atom is 0.273 e. The molecule has 1 aliphatic heterocycles. The molecule has 2 amide bonds. The fraction of sp³-hybridized carbons (Fsp3) is 0.300. The van der Waals surface area contributed by atoms with Crippen LogP contribution in [0.15, 0.2) is 36.4 Å². The number of fused-ring (bicyclic) bond motifs is 1. The summed E-state index contributed by atoms with van der Waals surface area (Å²) in [4.78, 5) is 37.4. The number of carbonyl (C=O) groups excluding carboxylic acids is 2. The third-order valence-electron chi connectivity index (χ3n) is 4.66. The third kappa shape index (κ3) is 4.17. The Hall–Kier alpha value is -3.13. The third-order valence-corrected chi connectivity index (χ3v) is 5.07. The van der Waals surface area contributed by atoms with Gasteiger partial charge < -0.3 is 10.1 Å². The SMILES string of the molecule is Cc1c(Cl)cccc1NC(=O)CN1C(=O)C(C(C)C)Oc2cc([N+](=O)[O-])ccc21. The number of nitrogens with one attached hydrogen (secondary N) is 1. The number of nitro benzene ring substituents is 1. The number of nitrogens with zero attached hydrogens (tertiary/aromatic N) is 2. The monoisotopic (exact) mass is 417 g/mol. The number of nitro groups is 1. The summed E-state index contributed by atoms with van der Waals surface area (Å²) in [5, 5.41) is 14.4. The van der Waals surface area contributed by atoms with Crippen LogP contribution in [0.2, 0.25) is 5.02 Å². The molecule has 0 fully saturated rings. The minimum atomic E-state index is -0.842. The van der Waals surface area contributed by atoms with E-state index in [1.807, 2.05) is 0 Å². The molecule has 0 saturated heterocycles. The number of rotatable bonds is 5. The Bertz CT molecular complexity index is 992. The van der Waals surface area contributed by atoms with Crippen LogP contribution in [0.1, 0.15) is 19.4 Å². The molecule has 0 saturated carbocycles. The quantitative estimate of drug-likeness (QED) is 0.586. The molecule has 9 heteroatoms. The smallest absolute Gasteiger partial charge is 0.273 e. The van der Waals surface area contributed by atoms with Crippen molar-refractivity contribution in [3.05, 3.63) is 57.1 Å². The van der Waals surface area contributed by atoms with Gasteiger partial charge in [0.05, 0.1) is 16.7 Å². The topological polar surface area (TPSA) is 102 Å². The summed E-state index contributed by atoms with van der Waals surface area (Å²) in [7, 11) is 0. The molecule has 0 spiro atoms. The summed E-state index contributed by atoms with van der Waals surface area (Å²) >= 11 is 6.09. The van der Waals surface area contributed by atoms with E-state index in [0.717, 1.165) is 0 Å². The summed E-state index contributed by atoms with van der Waals surface area (Å²) in [5.74, 6) is -0.781. The number of carbonyl (C=O) groups is 2. The predicted octanol–water partition coefficient (Wildman–Crippen LogP) is 3.95. The van der Waals surface area contributed by atoms with E-state index in [2.05, 4.69) is 5.32 Å². The van der Waals surface area contributed by atoms with Crippen LogP contribution in [-0.2, 0) is 9.59 Å². The normalized spacial score (nSPS) is 15.7. The number of hydrogen-bond acceptors (Lipinski definition) is 5. The highest BCUT2D eigenvalue weighted by atomic mass is 35.5. The largest absolute Gasteiger partial charge is 0.478 e. The van der Waals surface area contributed by atoms with E-state index < -0.39 is 16.9 Å². The van der Waals surface area contributed by atoms with Crippen molar-refractivity contribution in [3.63, 3.8) is 0 Å². The van der Waals surface area contributed by atoms with E-state index >= 15 is 0 Å². The van der Waals surface area contributed by atoms with Crippen molar-refractivity contribution in [2.45, 2.75) is 26.9 Å². The molecule has 0 radical (unpaired) electrons. The standard InChI is InChI=1S/C20H20ClN3O5/c1-11(2)19-20(26)23(16-8-7-13(24(27)28)9-17(16)29-19)10-18(25)22-15-6-4-5-14(21)12(15)3/h4-9,11,19H,10H2,1-3H3,(H,22,25). The Morgan fingerprint density at radius 1 is 1.34 bits per heavy atom. The molecular formula is C20H20ClN3O5. The van der Waals surface area contributed by atoms with Gasteiger partial charge in [-0.2, -0.15) is 0 Å². The summed E-state index contributed by atoms with van der Waals surface area (Å²) in [5.41, 5.74) is 1.43. The first kappa shape index (κ1) is 20.6. The van der Waals surface area contributed by atoms with Crippen molar-refractivity contribution in [1.29, 1.82) is 0 Å². The summed E-state index contributed by atoms with van der Waals surface area (Å²) < 4.78 is 5.72. The lowest BCUT2D eigenvalue weighted by molar-refractivity contribution is -0.384. The first-order chi connectivity index (χ1) is 13.7. The molecule has 152 valence electrons. The molecule has 3 rings (SSSR count). The van der Waals surface area contributed by atoms with Crippen LogP contribution in [0, 0.1) is 23.0 Å². The molecule has 0 bridgehead atoms. The van der Waals surface area contributed by atoms with Gasteiger partial charge in [0.2, 0.25) is 5.91 Å². The van der Waals surface area contributed by atoms with Crippen molar-refractivity contribution >= 4 is 40.5 Å². The van der Waals surface area contributed by atoms with E-state index in [1.54, 1.807) is 39.0 Å². The van der Waals surface area contributed by atoms with Gasteiger partial charge in [-0.1, -0.05) is 31.5 Å². The van der Waals surface area contributed by atoms with Gasteiger partial charge in [0.15, 0.2) is 11.9 Å². The van der Waals surface area contributed by atoms with Crippen LogP contribution in [-0.4, -0.2) is 29.4 Å². The van der Waals surface area contributed by atoms with Crippen molar-refractivity contribution in [3.8, 4) is 5.75 Å². The molecule has 0 aromatic heterocycles. The molecule has 2 aromatic carbocycles. The Balaban J connectivity index is 1.90. The van der Waals surface area contributed by atoms with Crippen LogP contribution >= 0.6 is 11.6 Å². The number of ether oxygens (including phenoxy) is 1. The Kier molecular flexibility index (Phi) is 5.74. The van der Waals surface area contributed by atoms with Crippen LogP contribution in [0.3, 0.4) is 0 Å². The van der Waals surface area contributed by atoms with Crippen LogP contribution in [0.4, 0.5) is 17.1 Å². The highest BCUT2D eigenvalue weighted by Crippen LogP contribution is 2.38. The Morgan fingerprint density at radius 3 is 2.72 bits per heavy atom. The fourth-order valence-corrected chi connectivity index (χ4v) is 3.23. The van der Waals surface area contributed by atoms with Crippen LogP contribution < -0.4 is 15.0 Å². The van der Waals surface area contributed by atoms with Gasteiger partial charge in [-0.3, -0.25) is 24.6 Å². The van der Waals surface area contributed by atoms with Crippen LogP contribution in [0.25, 0.3) is 0 Å². The first-order valence-electron chi connectivity index (χ1n) is 9.00. The van der Waals surface area contributed by atoms with Crippen molar-refractivity contribution in [2.24, 2.45) is 5.92 Å².